The molecule has 2 heterocycles. The molecular formula is C21H16ClF2N5O. The van der Waals surface area contributed by atoms with E-state index in [0.29, 0.717) is 22.9 Å². The lowest BCUT2D eigenvalue weighted by molar-refractivity contribution is 0.0945. The van der Waals surface area contributed by atoms with Crippen LogP contribution in [0.5, 0.6) is 0 Å². The third kappa shape index (κ3) is 4.23. The minimum Gasteiger partial charge on any atom is -0.346 e. The lowest BCUT2D eigenvalue weighted by Crippen LogP contribution is -2.25. The van der Waals surface area contributed by atoms with Crippen molar-refractivity contribution < 1.29 is 13.6 Å². The van der Waals surface area contributed by atoms with E-state index in [1.165, 1.54) is 0 Å². The van der Waals surface area contributed by atoms with Crippen LogP contribution in [0.4, 0.5) is 8.78 Å². The number of halogens is 3. The highest BCUT2D eigenvalue weighted by molar-refractivity contribution is 6.31. The summed E-state index contributed by atoms with van der Waals surface area (Å²) in [5.41, 5.74) is 1.20. The van der Waals surface area contributed by atoms with Gasteiger partial charge in [-0.2, -0.15) is 0 Å². The third-order valence-electron chi connectivity index (χ3n) is 4.43. The largest absolute Gasteiger partial charge is 0.346 e. The SMILES string of the molecule is O=C(NCc1cc(F)cc(F)c1)c1nnn(Cc2ccccc2Cl)c1-n1cccc1. The monoisotopic (exact) mass is 427 g/mol. The predicted molar refractivity (Wildman–Crippen MR) is 107 cm³/mol. The van der Waals surface area contributed by atoms with Crippen molar-refractivity contribution in [2.45, 2.75) is 13.1 Å². The normalized spacial score (nSPS) is 10.9. The Kier molecular flexibility index (Phi) is 5.58. The third-order valence-corrected chi connectivity index (χ3v) is 4.80. The highest BCUT2D eigenvalue weighted by Gasteiger charge is 2.21. The molecule has 0 saturated carbocycles. The van der Waals surface area contributed by atoms with Crippen molar-refractivity contribution in [3.8, 4) is 5.82 Å². The van der Waals surface area contributed by atoms with E-state index in [0.717, 1.165) is 23.8 Å². The second kappa shape index (κ2) is 8.46. The van der Waals surface area contributed by atoms with Gasteiger partial charge in [0.05, 0.1) is 6.54 Å². The number of aromatic nitrogens is 4. The van der Waals surface area contributed by atoms with Crippen LogP contribution in [0.1, 0.15) is 21.6 Å². The molecule has 1 amide bonds. The fourth-order valence-electron chi connectivity index (χ4n) is 3.06. The number of carbonyl (C=O) groups is 1. The van der Waals surface area contributed by atoms with E-state index in [1.807, 2.05) is 30.3 Å². The number of amides is 1. The Hall–Kier alpha value is -3.52. The van der Waals surface area contributed by atoms with Crippen molar-refractivity contribution in [1.82, 2.24) is 24.9 Å². The first kappa shape index (κ1) is 19.8. The number of carbonyl (C=O) groups excluding carboxylic acids is 1. The Morgan fingerprint density at radius 3 is 2.43 bits per heavy atom. The van der Waals surface area contributed by atoms with E-state index >= 15 is 0 Å². The molecule has 0 fully saturated rings. The molecule has 2 aromatic carbocycles. The van der Waals surface area contributed by atoms with E-state index in [2.05, 4.69) is 15.6 Å². The fraction of sp³-hybridized carbons (Fsp3) is 0.0952. The Morgan fingerprint density at radius 2 is 1.73 bits per heavy atom. The minimum absolute atomic E-state index is 0.0595. The van der Waals surface area contributed by atoms with Gasteiger partial charge in [-0.05, 0) is 41.5 Å². The summed E-state index contributed by atoms with van der Waals surface area (Å²) in [6.45, 7) is 0.249. The molecule has 2 aromatic heterocycles. The van der Waals surface area contributed by atoms with Crippen LogP contribution in [0.2, 0.25) is 5.02 Å². The van der Waals surface area contributed by atoms with Crippen LogP contribution in [0.3, 0.4) is 0 Å². The minimum atomic E-state index is -0.710. The van der Waals surface area contributed by atoms with Gasteiger partial charge < -0.3 is 9.88 Å². The molecule has 152 valence electrons. The van der Waals surface area contributed by atoms with E-state index in [-0.39, 0.29) is 12.2 Å². The standard InChI is InChI=1S/C21H16ClF2N5O/c22-18-6-2-1-5-15(18)13-29-21(28-7-3-4-8-28)19(26-27-29)20(30)25-12-14-9-16(23)11-17(24)10-14/h1-11H,12-13H2,(H,25,30). The van der Waals surface area contributed by atoms with Gasteiger partial charge in [-0.15, -0.1) is 5.10 Å². The van der Waals surface area contributed by atoms with Gasteiger partial charge in [0, 0.05) is 30.0 Å². The average Bonchev–Trinajstić information content (AvgIpc) is 3.37. The summed E-state index contributed by atoms with van der Waals surface area (Å²) in [6.07, 6.45) is 3.53. The van der Waals surface area contributed by atoms with Crippen LogP contribution in [-0.2, 0) is 13.1 Å². The van der Waals surface area contributed by atoms with Gasteiger partial charge >= 0.3 is 0 Å². The Bertz CT molecular complexity index is 1170. The van der Waals surface area contributed by atoms with E-state index < -0.39 is 17.5 Å². The Morgan fingerprint density at radius 1 is 1.03 bits per heavy atom. The Labute approximate surface area is 175 Å². The predicted octanol–water partition coefficient (Wildman–Crippen LogP) is 3.98. The lowest BCUT2D eigenvalue weighted by Gasteiger charge is -2.10. The van der Waals surface area contributed by atoms with Gasteiger partial charge in [0.25, 0.3) is 5.91 Å². The number of hydrogen-bond acceptors (Lipinski definition) is 3. The number of rotatable bonds is 6. The van der Waals surface area contributed by atoms with Crippen molar-refractivity contribution in [3.05, 3.63) is 100 Å². The van der Waals surface area contributed by atoms with Gasteiger partial charge in [-0.25, -0.2) is 13.5 Å². The molecule has 9 heteroatoms. The van der Waals surface area contributed by atoms with Crippen molar-refractivity contribution in [2.24, 2.45) is 0 Å². The van der Waals surface area contributed by atoms with Crippen molar-refractivity contribution in [2.75, 3.05) is 0 Å². The van der Waals surface area contributed by atoms with E-state index in [4.69, 9.17) is 11.6 Å². The van der Waals surface area contributed by atoms with Gasteiger partial charge in [-0.1, -0.05) is 35.0 Å². The first-order chi connectivity index (χ1) is 14.5. The highest BCUT2D eigenvalue weighted by Crippen LogP contribution is 2.19. The van der Waals surface area contributed by atoms with Crippen molar-refractivity contribution in [1.29, 1.82) is 0 Å². The zero-order chi connectivity index (χ0) is 21.1. The first-order valence-electron chi connectivity index (χ1n) is 9.04. The maximum atomic E-state index is 13.4. The van der Waals surface area contributed by atoms with E-state index in [1.54, 1.807) is 27.7 Å². The fourth-order valence-corrected chi connectivity index (χ4v) is 3.26. The smallest absolute Gasteiger partial charge is 0.276 e. The zero-order valence-electron chi connectivity index (χ0n) is 15.6. The zero-order valence-corrected chi connectivity index (χ0v) is 16.4. The molecule has 0 aliphatic rings. The topological polar surface area (TPSA) is 64.7 Å². The van der Waals surface area contributed by atoms with Gasteiger partial charge in [-0.3, -0.25) is 4.79 Å². The summed E-state index contributed by atoms with van der Waals surface area (Å²) in [4.78, 5) is 12.8. The molecule has 0 saturated heterocycles. The molecule has 0 aliphatic carbocycles. The molecule has 0 unspecified atom stereocenters. The summed E-state index contributed by atoms with van der Waals surface area (Å²) in [5.74, 6) is -1.49. The molecule has 0 aliphatic heterocycles. The number of benzene rings is 2. The maximum Gasteiger partial charge on any atom is 0.276 e. The van der Waals surface area contributed by atoms with Gasteiger partial charge in [0.1, 0.15) is 11.6 Å². The molecule has 0 bridgehead atoms. The average molecular weight is 428 g/mol. The molecule has 4 aromatic rings. The summed E-state index contributed by atoms with van der Waals surface area (Å²) in [7, 11) is 0. The van der Waals surface area contributed by atoms with Crippen LogP contribution < -0.4 is 5.32 Å². The molecule has 1 N–H and O–H groups in total. The molecule has 0 radical (unpaired) electrons. The summed E-state index contributed by atoms with van der Waals surface area (Å²) >= 11 is 6.25. The van der Waals surface area contributed by atoms with Crippen LogP contribution >= 0.6 is 11.6 Å². The van der Waals surface area contributed by atoms with Crippen LogP contribution in [0.25, 0.3) is 5.82 Å². The van der Waals surface area contributed by atoms with Crippen molar-refractivity contribution >= 4 is 17.5 Å². The van der Waals surface area contributed by atoms with Crippen molar-refractivity contribution in [3.63, 3.8) is 0 Å². The number of nitrogens with one attached hydrogen (secondary N) is 1. The first-order valence-corrected chi connectivity index (χ1v) is 9.42. The van der Waals surface area contributed by atoms with Crippen LogP contribution in [-0.4, -0.2) is 25.5 Å². The van der Waals surface area contributed by atoms with Crippen LogP contribution in [0.15, 0.2) is 67.0 Å². The van der Waals surface area contributed by atoms with Crippen LogP contribution in [0, 0.1) is 11.6 Å². The Balaban J connectivity index is 1.62. The number of hydrogen-bond donors (Lipinski definition) is 1. The maximum absolute atomic E-state index is 13.4. The molecule has 0 spiro atoms. The second-order valence-electron chi connectivity index (χ2n) is 6.56. The van der Waals surface area contributed by atoms with E-state index in [9.17, 15) is 13.6 Å². The molecular weight excluding hydrogens is 412 g/mol. The second-order valence-corrected chi connectivity index (χ2v) is 6.97. The molecule has 4 rings (SSSR count). The molecule has 30 heavy (non-hydrogen) atoms. The highest BCUT2D eigenvalue weighted by atomic mass is 35.5. The quantitative estimate of drug-likeness (QED) is 0.506. The summed E-state index contributed by atoms with van der Waals surface area (Å²) in [5, 5.41) is 11.4. The summed E-state index contributed by atoms with van der Waals surface area (Å²) in [6, 6.07) is 14.0. The van der Waals surface area contributed by atoms with Gasteiger partial charge in [0.2, 0.25) is 0 Å². The number of nitrogens with zero attached hydrogens (tertiary/aromatic N) is 4. The molecule has 0 atom stereocenters. The van der Waals surface area contributed by atoms with Gasteiger partial charge in [0.15, 0.2) is 11.5 Å². The molecule has 6 nitrogen and oxygen atoms in total. The summed E-state index contributed by atoms with van der Waals surface area (Å²) < 4.78 is 30.0. The lowest BCUT2D eigenvalue weighted by atomic mass is 10.2.